The van der Waals surface area contributed by atoms with E-state index in [4.69, 9.17) is 12.2 Å². The van der Waals surface area contributed by atoms with Gasteiger partial charge in [-0.05, 0) is 99.5 Å². The second-order valence-electron chi connectivity index (χ2n) is 10.5. The molecule has 2 amide bonds. The summed E-state index contributed by atoms with van der Waals surface area (Å²) in [7, 11) is 0. The van der Waals surface area contributed by atoms with Crippen LogP contribution in [0.5, 0.6) is 0 Å². The topological polar surface area (TPSA) is 70.2 Å². The summed E-state index contributed by atoms with van der Waals surface area (Å²) in [5.74, 6) is 2.50. The lowest BCUT2D eigenvalue weighted by Crippen LogP contribution is -2.55. The number of hydrogen-bond donors (Lipinski definition) is 3. The van der Waals surface area contributed by atoms with Crippen molar-refractivity contribution in [1.29, 1.82) is 0 Å². The maximum atomic E-state index is 13.2. The number of rotatable bonds is 4. The van der Waals surface area contributed by atoms with Crippen LogP contribution in [-0.2, 0) is 9.59 Å². The Labute approximate surface area is 190 Å². The van der Waals surface area contributed by atoms with Crippen LogP contribution in [0.1, 0.15) is 70.6 Å². The molecule has 0 aliphatic heterocycles. The Morgan fingerprint density at radius 2 is 1.45 bits per heavy atom. The fourth-order valence-corrected chi connectivity index (χ4v) is 7.28. The number of amides is 2. The normalized spacial score (nSPS) is 31.8. The molecule has 4 bridgehead atoms. The van der Waals surface area contributed by atoms with Crippen molar-refractivity contribution >= 4 is 40.5 Å². The average molecular weight is 440 g/mol. The van der Waals surface area contributed by atoms with Crippen molar-refractivity contribution in [3.8, 4) is 0 Å². The van der Waals surface area contributed by atoms with Crippen LogP contribution in [0, 0.1) is 29.1 Å². The summed E-state index contributed by atoms with van der Waals surface area (Å²) in [4.78, 5) is 25.7. The number of thiocarbonyl (C=S) groups is 1. The maximum absolute atomic E-state index is 13.2. The Morgan fingerprint density at radius 1 is 0.871 bits per heavy atom. The molecule has 0 saturated heterocycles. The lowest BCUT2D eigenvalue weighted by molar-refractivity contribution is -0.144. The van der Waals surface area contributed by atoms with Gasteiger partial charge in [-0.25, -0.2) is 0 Å². The standard InChI is InChI=1S/C25H33N3O2S/c29-22(19-5-2-1-3-6-19)26-20-7-4-8-21(12-20)27-24(31)28-23(30)25-13-16-9-17(14-25)11-18(10-16)15-25/h4,7-8,12,16-19H,1-3,5-6,9-11,13-15H2,(H,26,29)(H2,27,28,30,31). The van der Waals surface area contributed by atoms with Crippen molar-refractivity contribution in [3.05, 3.63) is 24.3 Å². The molecule has 0 unspecified atom stereocenters. The number of benzene rings is 1. The highest BCUT2D eigenvalue weighted by atomic mass is 32.1. The van der Waals surface area contributed by atoms with Crippen molar-refractivity contribution in [2.24, 2.45) is 29.1 Å². The van der Waals surface area contributed by atoms with E-state index in [1.807, 2.05) is 24.3 Å². The first-order valence-electron chi connectivity index (χ1n) is 12.0. The number of anilines is 2. The minimum atomic E-state index is -0.212. The third kappa shape index (κ3) is 4.50. The molecule has 1 aromatic rings. The van der Waals surface area contributed by atoms with Gasteiger partial charge in [-0.1, -0.05) is 25.3 Å². The van der Waals surface area contributed by atoms with Crippen LogP contribution in [0.25, 0.3) is 0 Å². The van der Waals surface area contributed by atoms with Gasteiger partial charge in [0.15, 0.2) is 5.11 Å². The van der Waals surface area contributed by atoms with E-state index < -0.39 is 0 Å². The largest absolute Gasteiger partial charge is 0.332 e. The zero-order chi connectivity index (χ0) is 21.4. The molecule has 0 atom stereocenters. The molecule has 6 heteroatoms. The third-order valence-electron chi connectivity index (χ3n) is 8.11. The quantitative estimate of drug-likeness (QED) is 0.562. The number of carbonyl (C=O) groups excluding carboxylic acids is 2. The summed E-state index contributed by atoms with van der Waals surface area (Å²) in [6.07, 6.45) is 12.5. The van der Waals surface area contributed by atoms with Crippen LogP contribution in [-0.4, -0.2) is 16.9 Å². The SMILES string of the molecule is O=C(Nc1cccc(NC(=S)NC(=O)C23CC4CC(CC(C4)C2)C3)c1)C1CCCCC1. The van der Waals surface area contributed by atoms with Gasteiger partial charge in [-0.3, -0.25) is 9.59 Å². The van der Waals surface area contributed by atoms with Gasteiger partial charge < -0.3 is 16.0 Å². The third-order valence-corrected chi connectivity index (χ3v) is 8.32. The van der Waals surface area contributed by atoms with E-state index >= 15 is 0 Å². The highest BCUT2D eigenvalue weighted by Gasteiger charge is 2.54. The molecule has 0 spiro atoms. The van der Waals surface area contributed by atoms with Gasteiger partial charge >= 0.3 is 0 Å². The second-order valence-corrected chi connectivity index (χ2v) is 10.9. The number of carbonyl (C=O) groups is 2. The zero-order valence-electron chi connectivity index (χ0n) is 18.1. The van der Waals surface area contributed by atoms with Crippen LogP contribution in [0.4, 0.5) is 11.4 Å². The number of nitrogens with one attached hydrogen (secondary N) is 3. The molecule has 3 N–H and O–H groups in total. The van der Waals surface area contributed by atoms with Crippen molar-refractivity contribution in [1.82, 2.24) is 5.32 Å². The molecule has 31 heavy (non-hydrogen) atoms. The molecule has 5 aliphatic carbocycles. The molecule has 0 heterocycles. The van der Waals surface area contributed by atoms with Gasteiger partial charge in [-0.2, -0.15) is 0 Å². The molecule has 0 aromatic heterocycles. The molecule has 1 aromatic carbocycles. The first kappa shape index (κ1) is 20.9. The minimum absolute atomic E-state index is 0.103. The van der Waals surface area contributed by atoms with Gasteiger partial charge in [0.05, 0.1) is 5.41 Å². The number of hydrogen-bond acceptors (Lipinski definition) is 3. The molecule has 6 rings (SSSR count). The first-order chi connectivity index (χ1) is 15.0. The maximum Gasteiger partial charge on any atom is 0.232 e. The molecule has 5 aliphatic rings. The average Bonchev–Trinajstić information content (AvgIpc) is 2.73. The van der Waals surface area contributed by atoms with Gasteiger partial charge in [0.1, 0.15) is 0 Å². The first-order valence-corrected chi connectivity index (χ1v) is 12.4. The lowest BCUT2D eigenvalue weighted by Gasteiger charge is -2.55. The molecule has 5 fully saturated rings. The smallest absolute Gasteiger partial charge is 0.232 e. The molecular formula is C25H33N3O2S. The predicted molar refractivity (Wildman–Crippen MR) is 127 cm³/mol. The van der Waals surface area contributed by atoms with E-state index in [2.05, 4.69) is 16.0 Å². The second kappa shape index (κ2) is 8.53. The highest BCUT2D eigenvalue weighted by molar-refractivity contribution is 7.80. The summed E-state index contributed by atoms with van der Waals surface area (Å²) < 4.78 is 0. The Morgan fingerprint density at radius 3 is 2.06 bits per heavy atom. The Balaban J connectivity index is 1.18. The van der Waals surface area contributed by atoms with Crippen LogP contribution >= 0.6 is 12.2 Å². The summed E-state index contributed by atoms with van der Waals surface area (Å²) in [6.45, 7) is 0. The van der Waals surface area contributed by atoms with Crippen LogP contribution in [0.3, 0.4) is 0 Å². The molecule has 166 valence electrons. The molecular weight excluding hydrogens is 406 g/mol. The van der Waals surface area contributed by atoms with Crippen LogP contribution in [0.2, 0.25) is 0 Å². The van der Waals surface area contributed by atoms with E-state index in [9.17, 15) is 9.59 Å². The van der Waals surface area contributed by atoms with Crippen molar-refractivity contribution in [2.45, 2.75) is 70.6 Å². The summed E-state index contributed by atoms with van der Waals surface area (Å²) in [5, 5.41) is 9.53. The Bertz CT molecular complexity index is 842. The van der Waals surface area contributed by atoms with E-state index in [-0.39, 0.29) is 23.1 Å². The Hall–Kier alpha value is -1.95. The van der Waals surface area contributed by atoms with Gasteiger partial charge in [-0.15, -0.1) is 0 Å². The fourth-order valence-electron chi connectivity index (χ4n) is 7.07. The van der Waals surface area contributed by atoms with Crippen molar-refractivity contribution in [2.75, 3.05) is 10.6 Å². The summed E-state index contributed by atoms with van der Waals surface area (Å²) >= 11 is 5.47. The van der Waals surface area contributed by atoms with Crippen LogP contribution in [0.15, 0.2) is 24.3 Å². The van der Waals surface area contributed by atoms with E-state index in [0.717, 1.165) is 74.1 Å². The summed E-state index contributed by atoms with van der Waals surface area (Å²) in [6, 6.07) is 7.56. The van der Waals surface area contributed by atoms with E-state index in [1.54, 1.807) is 0 Å². The summed E-state index contributed by atoms with van der Waals surface area (Å²) in [5.41, 5.74) is 1.32. The minimum Gasteiger partial charge on any atom is -0.332 e. The molecule has 5 saturated carbocycles. The highest BCUT2D eigenvalue weighted by Crippen LogP contribution is 2.60. The fraction of sp³-hybridized carbons (Fsp3) is 0.640. The van der Waals surface area contributed by atoms with Gasteiger partial charge in [0.2, 0.25) is 11.8 Å². The monoisotopic (exact) mass is 439 g/mol. The van der Waals surface area contributed by atoms with Crippen molar-refractivity contribution < 1.29 is 9.59 Å². The Kier molecular flexibility index (Phi) is 5.76. The van der Waals surface area contributed by atoms with Crippen molar-refractivity contribution in [3.63, 3.8) is 0 Å². The van der Waals surface area contributed by atoms with Crippen LogP contribution < -0.4 is 16.0 Å². The van der Waals surface area contributed by atoms with Gasteiger partial charge in [0, 0.05) is 17.3 Å². The molecule has 0 radical (unpaired) electrons. The van der Waals surface area contributed by atoms with E-state index in [0.29, 0.717) is 5.11 Å². The predicted octanol–water partition coefficient (Wildman–Crippen LogP) is 5.23. The molecule has 5 nitrogen and oxygen atoms in total. The zero-order valence-corrected chi connectivity index (χ0v) is 18.9. The van der Waals surface area contributed by atoms with Gasteiger partial charge in [0.25, 0.3) is 0 Å². The van der Waals surface area contributed by atoms with E-state index in [1.165, 1.54) is 25.7 Å². The lowest BCUT2D eigenvalue weighted by atomic mass is 9.49.